The molecule has 0 aromatic rings. The van der Waals surface area contributed by atoms with Gasteiger partial charge in [-0.05, 0) is 13.3 Å². The zero-order valence-corrected chi connectivity index (χ0v) is 10.7. The molecule has 1 aliphatic rings. The van der Waals surface area contributed by atoms with Crippen LogP contribution in [0.3, 0.4) is 0 Å². The molecule has 0 spiro atoms. The van der Waals surface area contributed by atoms with Crippen molar-refractivity contribution >= 4 is 23.4 Å². The minimum absolute atomic E-state index is 0.104. The van der Waals surface area contributed by atoms with Crippen LogP contribution in [0.2, 0.25) is 0 Å². The lowest BCUT2D eigenvalue weighted by molar-refractivity contribution is 0.554. The van der Waals surface area contributed by atoms with Crippen molar-refractivity contribution in [3.63, 3.8) is 0 Å². The van der Waals surface area contributed by atoms with Crippen molar-refractivity contribution in [1.82, 2.24) is 0 Å². The van der Waals surface area contributed by atoms with Crippen molar-refractivity contribution < 1.29 is 0 Å². The van der Waals surface area contributed by atoms with Crippen LogP contribution in [0.15, 0.2) is 35.6 Å². The molecule has 12 heavy (non-hydrogen) atoms. The van der Waals surface area contributed by atoms with Crippen LogP contribution in [0, 0.1) is 5.41 Å². The van der Waals surface area contributed by atoms with Crippen molar-refractivity contribution in [2.24, 2.45) is 5.41 Å². The van der Waals surface area contributed by atoms with Crippen molar-refractivity contribution in [1.29, 1.82) is 0 Å². The average Bonchev–Trinajstić information content (AvgIpc) is 2.08. The van der Waals surface area contributed by atoms with Crippen LogP contribution in [0.1, 0.15) is 20.3 Å². The Labute approximate surface area is 84.8 Å². The molecule has 0 aromatic heterocycles. The molecule has 0 N–H and O–H groups in total. The summed E-state index contributed by atoms with van der Waals surface area (Å²) in [5.74, 6) is 0. The first-order valence-electron chi connectivity index (χ1n) is 4.26. The van der Waals surface area contributed by atoms with Gasteiger partial charge in [-0.25, -0.2) is 0 Å². The van der Waals surface area contributed by atoms with Gasteiger partial charge in [0.2, 0.25) is 0 Å². The Morgan fingerprint density at radius 1 is 1.67 bits per heavy atom. The predicted molar refractivity (Wildman–Crippen MR) is 62.2 cm³/mol. The third-order valence-electron chi connectivity index (χ3n) is 2.18. The maximum atomic E-state index is 3.52. The fourth-order valence-electron chi connectivity index (χ4n) is 1.28. The highest BCUT2D eigenvalue weighted by Crippen LogP contribution is 2.30. The van der Waals surface area contributed by atoms with Gasteiger partial charge >= 0.3 is 0 Å². The standard InChI is InChI=1S/C10H15BrSi/c1-9-3-5-10(2,6-4-9)7-8-12-11/h3-5,7-8H,6,12H2,1-2H3. The summed E-state index contributed by atoms with van der Waals surface area (Å²) in [5.41, 5.74) is 3.97. The van der Waals surface area contributed by atoms with Crippen LogP contribution in [-0.4, -0.2) is 8.14 Å². The fourth-order valence-corrected chi connectivity index (χ4v) is 2.46. The van der Waals surface area contributed by atoms with Gasteiger partial charge in [0.15, 0.2) is 0 Å². The number of hydrogen-bond donors (Lipinski definition) is 0. The first kappa shape index (κ1) is 10.0. The average molecular weight is 243 g/mol. The second-order valence-corrected chi connectivity index (χ2v) is 6.27. The van der Waals surface area contributed by atoms with Gasteiger partial charge in [0.25, 0.3) is 0 Å². The van der Waals surface area contributed by atoms with Crippen molar-refractivity contribution in [3.8, 4) is 0 Å². The predicted octanol–water partition coefficient (Wildman–Crippen LogP) is 2.89. The maximum Gasteiger partial charge on any atom is 0.121 e. The highest BCUT2D eigenvalue weighted by atomic mass is 79.9. The second kappa shape index (κ2) is 4.24. The van der Waals surface area contributed by atoms with Gasteiger partial charge in [-0.1, -0.05) is 42.5 Å². The molecule has 1 aliphatic carbocycles. The van der Waals surface area contributed by atoms with E-state index in [2.05, 4.69) is 59.1 Å². The zero-order valence-electron chi connectivity index (χ0n) is 7.68. The smallest absolute Gasteiger partial charge is 0.121 e. The van der Waals surface area contributed by atoms with Gasteiger partial charge in [-0.3, -0.25) is 0 Å². The molecule has 0 saturated heterocycles. The lowest BCUT2D eigenvalue weighted by Gasteiger charge is -2.23. The molecule has 0 aliphatic heterocycles. The van der Waals surface area contributed by atoms with Crippen LogP contribution < -0.4 is 0 Å². The lowest BCUT2D eigenvalue weighted by atomic mass is 9.82. The minimum Gasteiger partial charge on any atom is -0.130 e. The third-order valence-corrected chi connectivity index (χ3v) is 3.71. The number of hydrogen-bond acceptors (Lipinski definition) is 0. The van der Waals surface area contributed by atoms with E-state index in [1.54, 1.807) is 0 Å². The van der Waals surface area contributed by atoms with E-state index in [1.165, 1.54) is 5.57 Å². The molecule has 1 unspecified atom stereocenters. The number of allylic oxidation sites excluding steroid dienone is 5. The topological polar surface area (TPSA) is 0 Å². The Kier molecular flexibility index (Phi) is 3.53. The maximum absolute atomic E-state index is 3.52. The summed E-state index contributed by atoms with van der Waals surface area (Å²) in [6.45, 7) is 4.43. The van der Waals surface area contributed by atoms with Crippen molar-refractivity contribution in [2.45, 2.75) is 20.3 Å². The van der Waals surface area contributed by atoms with E-state index in [0.29, 0.717) is 0 Å². The lowest BCUT2D eigenvalue weighted by Crippen LogP contribution is -2.10. The van der Waals surface area contributed by atoms with Gasteiger partial charge in [0.1, 0.15) is 8.14 Å². The molecule has 0 saturated carbocycles. The van der Waals surface area contributed by atoms with Crippen LogP contribution in [-0.2, 0) is 0 Å². The fraction of sp³-hybridized carbons (Fsp3) is 0.400. The molecule has 1 rings (SSSR count). The molecule has 0 fully saturated rings. The Morgan fingerprint density at radius 2 is 2.42 bits per heavy atom. The molecule has 2 heteroatoms. The molecule has 0 nitrogen and oxygen atoms in total. The molecule has 0 bridgehead atoms. The molecule has 0 aromatic carbocycles. The molecule has 66 valence electrons. The van der Waals surface area contributed by atoms with Crippen molar-refractivity contribution in [3.05, 3.63) is 35.6 Å². The van der Waals surface area contributed by atoms with E-state index in [4.69, 9.17) is 0 Å². The Balaban J connectivity index is 2.65. The van der Waals surface area contributed by atoms with Crippen molar-refractivity contribution in [2.75, 3.05) is 0 Å². The summed E-state index contributed by atoms with van der Waals surface area (Å²) in [4.78, 5) is 0. The van der Waals surface area contributed by atoms with Crippen LogP contribution in [0.5, 0.6) is 0 Å². The van der Waals surface area contributed by atoms with Crippen LogP contribution >= 0.6 is 15.3 Å². The number of halogens is 1. The van der Waals surface area contributed by atoms with Crippen LogP contribution in [0.25, 0.3) is 0 Å². The third kappa shape index (κ3) is 2.76. The molecule has 0 heterocycles. The quantitative estimate of drug-likeness (QED) is 0.516. The summed E-state index contributed by atoms with van der Waals surface area (Å²) >= 11 is 3.52. The molecule has 0 radical (unpaired) electrons. The first-order valence-corrected chi connectivity index (χ1v) is 8.97. The minimum atomic E-state index is -0.104. The Hall–Kier alpha value is -0.0831. The van der Waals surface area contributed by atoms with Gasteiger partial charge in [0.05, 0.1) is 0 Å². The van der Waals surface area contributed by atoms with Gasteiger partial charge in [-0.15, -0.1) is 15.3 Å². The molecule has 1 atom stereocenters. The summed E-state index contributed by atoms with van der Waals surface area (Å²) in [6.07, 6.45) is 10.3. The first-order chi connectivity index (χ1) is 5.66. The van der Waals surface area contributed by atoms with E-state index in [0.717, 1.165) is 6.42 Å². The van der Waals surface area contributed by atoms with Gasteiger partial charge < -0.3 is 0 Å². The zero-order chi connectivity index (χ0) is 9.03. The summed E-state index contributed by atoms with van der Waals surface area (Å²) in [5, 5.41) is 0. The van der Waals surface area contributed by atoms with E-state index in [9.17, 15) is 0 Å². The Bertz CT molecular complexity index is 240. The van der Waals surface area contributed by atoms with Gasteiger partial charge in [0, 0.05) is 5.41 Å². The van der Waals surface area contributed by atoms with E-state index >= 15 is 0 Å². The SMILES string of the molecule is CC1=CCC(C)(C=C[SiH2]Br)C=C1. The summed E-state index contributed by atoms with van der Waals surface area (Å²) < 4.78 is 0. The van der Waals surface area contributed by atoms with Gasteiger partial charge in [-0.2, -0.15) is 0 Å². The second-order valence-electron chi connectivity index (χ2n) is 3.55. The largest absolute Gasteiger partial charge is 0.130 e. The van der Waals surface area contributed by atoms with E-state index in [1.807, 2.05) is 0 Å². The monoisotopic (exact) mass is 242 g/mol. The number of rotatable bonds is 2. The molecular formula is C10H15BrSi. The highest BCUT2D eigenvalue weighted by molar-refractivity contribution is 9.23. The normalized spacial score (nSPS) is 30.4. The molecular weight excluding hydrogens is 228 g/mol. The summed E-state index contributed by atoms with van der Waals surface area (Å²) in [6, 6.07) is 0. The van der Waals surface area contributed by atoms with E-state index < -0.39 is 0 Å². The Morgan fingerprint density at radius 3 is 2.92 bits per heavy atom. The van der Waals surface area contributed by atoms with E-state index in [-0.39, 0.29) is 13.6 Å². The highest BCUT2D eigenvalue weighted by Gasteiger charge is 2.17. The molecule has 0 amide bonds. The summed E-state index contributed by atoms with van der Waals surface area (Å²) in [7, 11) is -0.104. The van der Waals surface area contributed by atoms with Crippen LogP contribution in [0.4, 0.5) is 0 Å².